The van der Waals surface area contributed by atoms with Crippen LogP contribution in [0.4, 0.5) is 0 Å². The number of aliphatic carboxylic acids is 1. The molecule has 0 amide bonds. The van der Waals surface area contributed by atoms with E-state index in [0.29, 0.717) is 12.3 Å². The van der Waals surface area contributed by atoms with Gasteiger partial charge in [0.25, 0.3) is 0 Å². The van der Waals surface area contributed by atoms with Gasteiger partial charge in [0.2, 0.25) is 0 Å². The highest BCUT2D eigenvalue weighted by molar-refractivity contribution is 7.13. The summed E-state index contributed by atoms with van der Waals surface area (Å²) < 4.78 is 5.43. The minimum absolute atomic E-state index is 0.0219. The molecule has 2 atom stereocenters. The van der Waals surface area contributed by atoms with Crippen LogP contribution in [0.1, 0.15) is 39.3 Å². The molecule has 1 heterocycles. The van der Waals surface area contributed by atoms with Crippen molar-refractivity contribution in [2.45, 2.75) is 40.0 Å². The summed E-state index contributed by atoms with van der Waals surface area (Å²) >= 11 is 1.48. The zero-order chi connectivity index (χ0) is 19.1. The fourth-order valence-electron chi connectivity index (χ4n) is 2.72. The Morgan fingerprint density at radius 1 is 1.23 bits per heavy atom. The highest BCUT2D eigenvalue weighted by Crippen LogP contribution is 2.27. The van der Waals surface area contributed by atoms with E-state index < -0.39 is 11.9 Å². The third kappa shape index (κ3) is 5.39. The third-order valence-corrected chi connectivity index (χ3v) is 5.38. The second kappa shape index (κ2) is 9.48. The molecule has 2 aromatic rings. The fraction of sp³-hybridized carbons (Fsp3) is 0.450. The molecule has 0 aliphatic rings. The first kappa shape index (κ1) is 20.1. The van der Waals surface area contributed by atoms with Gasteiger partial charge in [-0.25, -0.2) is 4.98 Å². The Balaban J connectivity index is 2.00. The van der Waals surface area contributed by atoms with Crippen molar-refractivity contribution in [3.05, 3.63) is 35.3 Å². The minimum atomic E-state index is -0.902. The van der Waals surface area contributed by atoms with Crippen molar-refractivity contribution >= 4 is 23.1 Å². The molecule has 0 aliphatic carbocycles. The molecule has 26 heavy (non-hydrogen) atoms. The second-order valence-corrected chi connectivity index (χ2v) is 7.21. The van der Waals surface area contributed by atoms with Crippen molar-refractivity contribution in [1.29, 1.82) is 0 Å². The fourth-order valence-corrected chi connectivity index (χ4v) is 3.54. The summed E-state index contributed by atoms with van der Waals surface area (Å²) in [6.45, 7) is 6.37. The predicted octanol–water partition coefficient (Wildman–Crippen LogP) is 4.46. The summed E-state index contributed by atoms with van der Waals surface area (Å²) in [4.78, 5) is 28.2. The van der Waals surface area contributed by atoms with Gasteiger partial charge in [-0.2, -0.15) is 0 Å². The van der Waals surface area contributed by atoms with Gasteiger partial charge in [0.05, 0.1) is 18.2 Å². The summed E-state index contributed by atoms with van der Waals surface area (Å²) in [7, 11) is 0. The van der Waals surface area contributed by atoms with E-state index in [4.69, 9.17) is 4.74 Å². The number of carbonyl (C=O) groups is 2. The molecule has 1 aromatic heterocycles. The smallest absolute Gasteiger partial charge is 0.307 e. The average Bonchev–Trinajstić information content (AvgIpc) is 3.08. The molecule has 0 bridgehead atoms. The number of hydrogen-bond donors (Lipinski definition) is 1. The number of ether oxygens (including phenoxy) is 1. The minimum Gasteiger partial charge on any atom is -0.494 e. The number of carboxylic acids is 1. The Kier molecular flexibility index (Phi) is 7.33. The summed E-state index contributed by atoms with van der Waals surface area (Å²) in [5.41, 5.74) is 1.66. The van der Waals surface area contributed by atoms with Crippen LogP contribution in [0, 0.1) is 11.8 Å². The number of carbonyl (C=O) groups excluding carboxylic acids is 1. The Labute approximate surface area is 158 Å². The number of carboxylic acid groups (broad SMARTS) is 1. The third-order valence-electron chi connectivity index (χ3n) is 4.44. The highest BCUT2D eigenvalue weighted by Gasteiger charge is 2.26. The molecular formula is C20H25NO4S. The van der Waals surface area contributed by atoms with Crippen molar-refractivity contribution in [3.63, 3.8) is 0 Å². The van der Waals surface area contributed by atoms with Crippen molar-refractivity contribution in [1.82, 2.24) is 4.98 Å². The maximum absolute atomic E-state index is 12.3. The molecule has 0 fully saturated rings. The van der Waals surface area contributed by atoms with E-state index >= 15 is 0 Å². The monoisotopic (exact) mass is 375 g/mol. The molecule has 1 aromatic carbocycles. The largest absolute Gasteiger partial charge is 0.494 e. The van der Waals surface area contributed by atoms with Crippen molar-refractivity contribution in [3.8, 4) is 16.3 Å². The molecule has 0 saturated carbocycles. The summed E-state index contributed by atoms with van der Waals surface area (Å²) in [6, 6.07) is 7.68. The van der Waals surface area contributed by atoms with Gasteiger partial charge in [0.15, 0.2) is 0 Å². The maximum Gasteiger partial charge on any atom is 0.307 e. The SMILES string of the molecule is CCOc1ccc(-c2nc(CC(=O)C[C@H](C(=O)O)[C@@H](C)CC)cs2)cc1. The lowest BCUT2D eigenvalue weighted by atomic mass is 9.87. The van der Waals surface area contributed by atoms with Crippen LogP contribution in [0.5, 0.6) is 5.75 Å². The van der Waals surface area contributed by atoms with E-state index in [1.165, 1.54) is 11.3 Å². The van der Waals surface area contributed by atoms with Gasteiger partial charge in [0, 0.05) is 23.8 Å². The summed E-state index contributed by atoms with van der Waals surface area (Å²) in [6.07, 6.45) is 0.969. The first-order valence-electron chi connectivity index (χ1n) is 8.86. The van der Waals surface area contributed by atoms with Crippen LogP contribution in [-0.2, 0) is 16.0 Å². The number of benzene rings is 1. The van der Waals surface area contributed by atoms with Crippen LogP contribution >= 0.6 is 11.3 Å². The molecule has 2 rings (SSSR count). The lowest BCUT2D eigenvalue weighted by Crippen LogP contribution is -2.25. The van der Waals surface area contributed by atoms with E-state index in [1.807, 2.05) is 50.4 Å². The average molecular weight is 375 g/mol. The normalized spacial score (nSPS) is 13.2. The number of hydrogen-bond acceptors (Lipinski definition) is 5. The van der Waals surface area contributed by atoms with Gasteiger partial charge in [-0.3, -0.25) is 9.59 Å². The van der Waals surface area contributed by atoms with Crippen molar-refractivity contribution in [2.24, 2.45) is 11.8 Å². The van der Waals surface area contributed by atoms with E-state index in [0.717, 1.165) is 22.7 Å². The van der Waals surface area contributed by atoms with Gasteiger partial charge in [-0.05, 0) is 37.1 Å². The lowest BCUT2D eigenvalue weighted by Gasteiger charge is -2.17. The van der Waals surface area contributed by atoms with Gasteiger partial charge >= 0.3 is 5.97 Å². The topological polar surface area (TPSA) is 76.5 Å². The molecule has 1 N–H and O–H groups in total. The molecular weight excluding hydrogens is 350 g/mol. The predicted molar refractivity (Wildman–Crippen MR) is 103 cm³/mol. The molecule has 5 nitrogen and oxygen atoms in total. The Hall–Kier alpha value is -2.21. The van der Waals surface area contributed by atoms with Crippen molar-refractivity contribution in [2.75, 3.05) is 6.61 Å². The van der Waals surface area contributed by atoms with Gasteiger partial charge in [-0.1, -0.05) is 20.3 Å². The number of ketones is 1. The lowest BCUT2D eigenvalue weighted by molar-refractivity contribution is -0.145. The molecule has 140 valence electrons. The van der Waals surface area contributed by atoms with Gasteiger partial charge in [0.1, 0.15) is 16.5 Å². The zero-order valence-corrected chi connectivity index (χ0v) is 16.2. The van der Waals surface area contributed by atoms with E-state index in [-0.39, 0.29) is 24.5 Å². The van der Waals surface area contributed by atoms with Crippen LogP contribution in [0.2, 0.25) is 0 Å². The highest BCUT2D eigenvalue weighted by atomic mass is 32.1. The van der Waals surface area contributed by atoms with Crippen LogP contribution in [0.15, 0.2) is 29.6 Å². The van der Waals surface area contributed by atoms with Gasteiger partial charge < -0.3 is 9.84 Å². The standard InChI is InChI=1S/C20H25NO4S/c1-4-13(3)18(20(23)24)11-16(22)10-15-12-26-19(21-15)14-6-8-17(9-7-14)25-5-2/h6-9,12-13,18H,4-5,10-11H2,1-3H3,(H,23,24)/t13-,18-/m0/s1. The molecule has 0 saturated heterocycles. The van der Waals surface area contributed by atoms with E-state index in [9.17, 15) is 14.7 Å². The molecule has 0 radical (unpaired) electrons. The van der Waals surface area contributed by atoms with Crippen LogP contribution in [-0.4, -0.2) is 28.4 Å². The summed E-state index contributed by atoms with van der Waals surface area (Å²) in [5, 5.41) is 12.0. The van der Waals surface area contributed by atoms with E-state index in [2.05, 4.69) is 4.98 Å². The number of rotatable bonds is 10. The van der Waals surface area contributed by atoms with Crippen molar-refractivity contribution < 1.29 is 19.4 Å². The Morgan fingerprint density at radius 2 is 1.92 bits per heavy atom. The molecule has 0 aliphatic heterocycles. The Bertz CT molecular complexity index is 739. The first-order valence-corrected chi connectivity index (χ1v) is 9.74. The quantitative estimate of drug-likeness (QED) is 0.663. The second-order valence-electron chi connectivity index (χ2n) is 6.35. The maximum atomic E-state index is 12.3. The molecule has 0 unspecified atom stereocenters. The summed E-state index contributed by atoms with van der Waals surface area (Å²) in [5.74, 6) is -0.821. The number of thiazole rings is 1. The van der Waals surface area contributed by atoms with Crippen LogP contribution < -0.4 is 4.74 Å². The first-order chi connectivity index (χ1) is 12.4. The number of nitrogens with zero attached hydrogens (tertiary/aromatic N) is 1. The molecule has 0 spiro atoms. The number of aromatic nitrogens is 1. The van der Waals surface area contributed by atoms with Crippen LogP contribution in [0.25, 0.3) is 10.6 Å². The van der Waals surface area contributed by atoms with E-state index in [1.54, 1.807) is 0 Å². The van der Waals surface area contributed by atoms with Crippen LogP contribution in [0.3, 0.4) is 0 Å². The van der Waals surface area contributed by atoms with Gasteiger partial charge in [-0.15, -0.1) is 11.3 Å². The zero-order valence-electron chi connectivity index (χ0n) is 15.4. The Morgan fingerprint density at radius 3 is 2.50 bits per heavy atom. The molecule has 6 heteroatoms. The number of Topliss-reactive ketones (excluding diaryl/α,β-unsaturated/α-hetero) is 1.